The number of hydrogen-bond donors (Lipinski definition) is 0. The Hall–Kier alpha value is -3.90. The van der Waals surface area contributed by atoms with Crippen LogP contribution in [0.4, 0.5) is 0 Å². The second kappa shape index (κ2) is 15.6. The molecule has 193 valence electrons. The summed E-state index contributed by atoms with van der Waals surface area (Å²) in [6.45, 7) is 9.00. The first-order valence-electron chi connectivity index (χ1n) is 12.5. The third kappa shape index (κ3) is 6.45. The zero-order chi connectivity index (χ0) is 27.5. The molecule has 0 amide bonds. The van der Waals surface area contributed by atoms with Crippen LogP contribution in [0.3, 0.4) is 0 Å². The maximum Gasteiger partial charge on any atom is 0.0299 e. The molecule has 0 atom stereocenters. The molecule has 0 unspecified atom stereocenters. The molecule has 1 fully saturated rings. The fraction of sp³-hybridized carbons (Fsp3) is 0. The first-order valence-corrected chi connectivity index (χ1v) is 12.5. The molecule has 0 heterocycles. The molecule has 3 heteroatoms. The minimum atomic E-state index is 0. The van der Waals surface area contributed by atoms with E-state index >= 15 is 0 Å². The molecular weight excluding hydrogens is 532 g/mol. The van der Waals surface area contributed by atoms with E-state index in [9.17, 15) is 0 Å². The van der Waals surface area contributed by atoms with Crippen LogP contribution in [0, 0.1) is 42.9 Å². The van der Waals surface area contributed by atoms with Gasteiger partial charge in [0, 0.05) is 46.7 Å². The summed E-state index contributed by atoms with van der Waals surface area (Å²) in [5.41, 5.74) is 6.13. The molecule has 5 radical (unpaired) electrons. The van der Waals surface area contributed by atoms with Crippen LogP contribution >= 0.6 is 0 Å². The Bertz CT molecular complexity index is 1170. The van der Waals surface area contributed by atoms with Crippen molar-refractivity contribution < 1.29 is 26.4 Å². The van der Waals surface area contributed by atoms with Gasteiger partial charge in [0.05, 0.1) is 0 Å². The quantitative estimate of drug-likeness (QED) is 0.119. The largest absolute Gasteiger partial charge is 0.0622 e. The van der Waals surface area contributed by atoms with E-state index in [1.807, 2.05) is 0 Å². The fourth-order valence-electron chi connectivity index (χ4n) is 5.09. The van der Waals surface area contributed by atoms with Gasteiger partial charge in [0.25, 0.3) is 0 Å². The first-order chi connectivity index (χ1) is 19.4. The number of benzene rings is 5. The number of hydrogen-bond acceptors (Lipinski definition) is 0. The summed E-state index contributed by atoms with van der Waals surface area (Å²) in [7, 11) is 0. The topological polar surface area (TPSA) is 39.8 Å². The normalized spacial score (nSPS) is 14.1. The van der Waals surface area contributed by atoms with E-state index in [0.717, 1.165) is 0 Å². The van der Waals surface area contributed by atoms with Crippen molar-refractivity contribution in [3.8, 4) is 0 Å². The van der Waals surface area contributed by atoms with Crippen LogP contribution in [0.15, 0.2) is 152 Å². The van der Waals surface area contributed by atoms with Crippen molar-refractivity contribution in [2.75, 3.05) is 0 Å². The molecule has 0 saturated heterocycles. The van der Waals surface area contributed by atoms with Crippen molar-refractivity contribution in [3.63, 3.8) is 0 Å². The third-order valence-electron chi connectivity index (χ3n) is 6.56. The molecule has 1 aliphatic carbocycles. The molecule has 5 aromatic rings. The van der Waals surface area contributed by atoms with E-state index in [-0.39, 0.29) is 17.1 Å². The maximum absolute atomic E-state index is 7.50. The minimum absolute atomic E-state index is 0. The van der Waals surface area contributed by atoms with Gasteiger partial charge in [-0.2, -0.15) is 0 Å². The van der Waals surface area contributed by atoms with E-state index in [1.54, 1.807) is 0 Å². The Labute approximate surface area is 248 Å². The van der Waals surface area contributed by atoms with E-state index in [4.69, 9.17) is 9.30 Å². The first kappa shape index (κ1) is 30.6. The van der Waals surface area contributed by atoms with Gasteiger partial charge in [0.15, 0.2) is 0 Å². The predicted octanol–water partition coefficient (Wildman–Crippen LogP) is 8.04. The Kier molecular flexibility index (Phi) is 12.0. The summed E-state index contributed by atoms with van der Waals surface area (Å²) < 4.78 is 15.0. The summed E-state index contributed by atoms with van der Waals surface area (Å²) in [4.78, 5) is 0. The smallest absolute Gasteiger partial charge is 0.0299 e. The zero-order valence-corrected chi connectivity index (χ0v) is 22.7. The predicted molar refractivity (Wildman–Crippen MR) is 152 cm³/mol. The van der Waals surface area contributed by atoms with Gasteiger partial charge in [0.2, 0.25) is 0 Å². The van der Waals surface area contributed by atoms with Gasteiger partial charge in [-0.1, -0.05) is 152 Å². The van der Waals surface area contributed by atoms with Crippen molar-refractivity contribution in [1.82, 2.24) is 0 Å². The fourth-order valence-corrected chi connectivity index (χ4v) is 5.09. The Morgan fingerprint density at radius 1 is 0.250 bits per heavy atom. The van der Waals surface area contributed by atoms with Crippen LogP contribution in [-0.2, 0) is 26.4 Å². The molecule has 40 heavy (non-hydrogen) atoms. The van der Waals surface area contributed by atoms with Crippen molar-refractivity contribution in [3.05, 3.63) is 222 Å². The molecule has 0 N–H and O–H groups in total. The van der Waals surface area contributed by atoms with Gasteiger partial charge >= 0.3 is 22.6 Å². The standard InChI is InChI=1S/C35H25.2CO.Fe/c1-6-16-26(17-7-1)31-32(27-18-8-2-9-19-27)34(29-22-12-4-13-23-29)35(30-24-14-5-15-25-30)33(31)28-20-10-3-11-21-28;2*1-2;/h1-25H;;;. The number of rotatable bonds is 5. The van der Waals surface area contributed by atoms with E-state index in [0.29, 0.717) is 0 Å². The van der Waals surface area contributed by atoms with Crippen LogP contribution in [0.5, 0.6) is 0 Å². The Balaban J connectivity index is 0.000000846. The second-order valence-corrected chi connectivity index (χ2v) is 8.71. The van der Waals surface area contributed by atoms with Crippen LogP contribution < -0.4 is 0 Å². The second-order valence-electron chi connectivity index (χ2n) is 8.71. The molecule has 6 rings (SSSR count). The average Bonchev–Trinajstić information content (AvgIpc) is 3.41. The maximum atomic E-state index is 7.50. The molecule has 1 aliphatic rings. The molecular formula is C37H25FeO2. The molecule has 0 bridgehead atoms. The molecule has 0 aliphatic heterocycles. The van der Waals surface area contributed by atoms with Gasteiger partial charge in [-0.25, -0.2) is 0 Å². The third-order valence-corrected chi connectivity index (χ3v) is 6.56. The monoisotopic (exact) mass is 557 g/mol. The molecule has 1 saturated carbocycles. The van der Waals surface area contributed by atoms with Crippen molar-refractivity contribution in [1.29, 1.82) is 0 Å². The van der Waals surface area contributed by atoms with Crippen molar-refractivity contribution in [2.45, 2.75) is 0 Å². The molecule has 2 nitrogen and oxygen atoms in total. The van der Waals surface area contributed by atoms with Crippen molar-refractivity contribution in [2.24, 2.45) is 0 Å². The minimum Gasteiger partial charge on any atom is -0.0622 e. The van der Waals surface area contributed by atoms with Crippen LogP contribution in [-0.4, -0.2) is 0 Å². The van der Waals surface area contributed by atoms with Crippen LogP contribution in [0.25, 0.3) is 0 Å². The van der Waals surface area contributed by atoms with Gasteiger partial charge in [-0.15, -0.1) is 0 Å². The summed E-state index contributed by atoms with van der Waals surface area (Å²) in [6.07, 6.45) is 0. The van der Waals surface area contributed by atoms with Crippen LogP contribution in [0.1, 0.15) is 27.8 Å². The molecule has 5 aromatic carbocycles. The Morgan fingerprint density at radius 3 is 0.500 bits per heavy atom. The van der Waals surface area contributed by atoms with E-state index in [1.165, 1.54) is 57.4 Å². The summed E-state index contributed by atoms with van der Waals surface area (Å²) >= 11 is 0. The van der Waals surface area contributed by atoms with E-state index in [2.05, 4.69) is 165 Å². The summed E-state index contributed by atoms with van der Waals surface area (Å²) in [5, 5.41) is 0. The molecule has 0 aromatic heterocycles. The molecule has 0 spiro atoms. The zero-order valence-electron chi connectivity index (χ0n) is 21.6. The van der Waals surface area contributed by atoms with Gasteiger partial charge in [-0.05, 0) is 27.8 Å². The van der Waals surface area contributed by atoms with E-state index < -0.39 is 0 Å². The van der Waals surface area contributed by atoms with Crippen molar-refractivity contribution >= 4 is 0 Å². The SMILES string of the molecule is [C-]#[O+].[C-]#[O+].[Fe].c1ccc([C]2[C](c3ccccc3)[C](c3ccccc3)[C](c3ccccc3)[C]2c2ccccc2)cc1. The summed E-state index contributed by atoms with van der Waals surface area (Å²) in [5.74, 6) is 6.39. The van der Waals surface area contributed by atoms with Gasteiger partial charge in [-0.3, -0.25) is 0 Å². The Morgan fingerprint density at radius 2 is 0.375 bits per heavy atom. The summed E-state index contributed by atoms with van der Waals surface area (Å²) in [6, 6.07) is 54.1. The van der Waals surface area contributed by atoms with Gasteiger partial charge < -0.3 is 0 Å². The average molecular weight is 557 g/mol. The van der Waals surface area contributed by atoms with Gasteiger partial charge in [0.1, 0.15) is 0 Å². The van der Waals surface area contributed by atoms with Crippen LogP contribution in [0.2, 0.25) is 0 Å².